The minimum Gasteiger partial charge on any atom is -0.465 e. The predicted octanol–water partition coefficient (Wildman–Crippen LogP) is 3.02. The summed E-state index contributed by atoms with van der Waals surface area (Å²) in [5.74, 6) is -0.428. The van der Waals surface area contributed by atoms with Crippen LogP contribution in [0.15, 0.2) is 42.6 Å². The molecule has 25 heavy (non-hydrogen) atoms. The molecule has 0 saturated carbocycles. The van der Waals surface area contributed by atoms with Gasteiger partial charge in [0.2, 0.25) is 0 Å². The lowest BCUT2D eigenvalue weighted by Gasteiger charge is -2.29. The third-order valence-electron chi connectivity index (χ3n) is 4.43. The molecule has 2 aromatic rings. The highest BCUT2D eigenvalue weighted by Gasteiger charge is 2.30. The molecule has 0 radical (unpaired) electrons. The van der Waals surface area contributed by atoms with Gasteiger partial charge >= 0.3 is 12.0 Å². The zero-order chi connectivity index (χ0) is 17.8. The molecule has 1 aromatic heterocycles. The van der Waals surface area contributed by atoms with Crippen LogP contribution in [0.4, 0.5) is 4.79 Å². The second-order valence-corrected chi connectivity index (χ2v) is 5.95. The van der Waals surface area contributed by atoms with Gasteiger partial charge in [-0.1, -0.05) is 25.1 Å². The molecule has 1 aliphatic rings. The fourth-order valence-corrected chi connectivity index (χ4v) is 3.32. The van der Waals surface area contributed by atoms with Crippen molar-refractivity contribution in [3.8, 4) is 5.69 Å². The lowest BCUT2D eigenvalue weighted by atomic mass is 10.1. The SMILES string of the molecule is CCOC(=O)CNC(=O)N1Cc2ccccc2-n2cccc2[C@@H]1CC. The second-order valence-electron chi connectivity index (χ2n) is 5.95. The van der Waals surface area contributed by atoms with E-state index in [9.17, 15) is 9.59 Å². The molecule has 1 aliphatic heterocycles. The number of carbonyl (C=O) groups is 2. The first-order chi connectivity index (χ1) is 12.2. The molecule has 6 heteroatoms. The van der Waals surface area contributed by atoms with Gasteiger partial charge in [-0.25, -0.2) is 4.79 Å². The van der Waals surface area contributed by atoms with Crippen molar-refractivity contribution in [2.45, 2.75) is 32.9 Å². The van der Waals surface area contributed by atoms with E-state index in [1.165, 1.54) is 0 Å². The number of amides is 2. The van der Waals surface area contributed by atoms with Crippen LogP contribution < -0.4 is 5.32 Å². The van der Waals surface area contributed by atoms with Crippen molar-refractivity contribution in [1.82, 2.24) is 14.8 Å². The normalized spacial score (nSPS) is 15.8. The molecule has 0 fully saturated rings. The Morgan fingerprint density at radius 3 is 2.76 bits per heavy atom. The van der Waals surface area contributed by atoms with E-state index in [1.54, 1.807) is 11.8 Å². The van der Waals surface area contributed by atoms with Gasteiger partial charge < -0.3 is 19.5 Å². The summed E-state index contributed by atoms with van der Waals surface area (Å²) in [5, 5.41) is 2.69. The highest BCUT2D eigenvalue weighted by molar-refractivity contribution is 5.81. The maximum atomic E-state index is 12.8. The number of rotatable bonds is 4. The monoisotopic (exact) mass is 341 g/mol. The van der Waals surface area contributed by atoms with Crippen molar-refractivity contribution < 1.29 is 14.3 Å². The van der Waals surface area contributed by atoms with Crippen molar-refractivity contribution in [3.63, 3.8) is 0 Å². The van der Waals surface area contributed by atoms with E-state index >= 15 is 0 Å². The van der Waals surface area contributed by atoms with Gasteiger partial charge in [-0.05, 0) is 37.1 Å². The Balaban J connectivity index is 1.89. The lowest BCUT2D eigenvalue weighted by Crippen LogP contribution is -2.43. The standard InChI is InChI=1S/C19H23N3O3/c1-3-15-17-10-7-11-21(17)16-9-6-5-8-14(16)13-22(15)19(24)20-12-18(23)25-4-2/h5-11,15H,3-4,12-13H2,1-2H3,(H,20,24)/t15-/m0/s1. The molecule has 0 unspecified atom stereocenters. The van der Waals surface area contributed by atoms with E-state index in [4.69, 9.17) is 4.74 Å². The van der Waals surface area contributed by atoms with E-state index in [2.05, 4.69) is 22.9 Å². The molecular weight excluding hydrogens is 318 g/mol. The summed E-state index contributed by atoms with van der Waals surface area (Å²) >= 11 is 0. The van der Waals surface area contributed by atoms with Crippen molar-refractivity contribution in [2.24, 2.45) is 0 Å². The number of ether oxygens (including phenoxy) is 1. The number of aromatic nitrogens is 1. The number of carbonyl (C=O) groups excluding carboxylic acids is 2. The van der Waals surface area contributed by atoms with Crippen LogP contribution >= 0.6 is 0 Å². The average Bonchev–Trinajstić information content (AvgIpc) is 3.04. The Bertz CT molecular complexity index is 769. The first-order valence-corrected chi connectivity index (χ1v) is 8.61. The Hall–Kier alpha value is -2.76. The fourth-order valence-electron chi connectivity index (χ4n) is 3.32. The first kappa shape index (κ1) is 17.1. The summed E-state index contributed by atoms with van der Waals surface area (Å²) in [6.45, 7) is 4.47. The summed E-state index contributed by atoms with van der Waals surface area (Å²) in [4.78, 5) is 26.1. The average molecular weight is 341 g/mol. The van der Waals surface area contributed by atoms with Crippen LogP contribution in [0.1, 0.15) is 37.6 Å². The van der Waals surface area contributed by atoms with Gasteiger partial charge in [-0.15, -0.1) is 0 Å². The van der Waals surface area contributed by atoms with Crippen LogP contribution in [0.25, 0.3) is 5.69 Å². The first-order valence-electron chi connectivity index (χ1n) is 8.61. The molecule has 1 atom stereocenters. The number of para-hydroxylation sites is 1. The van der Waals surface area contributed by atoms with Crippen molar-refractivity contribution in [3.05, 3.63) is 53.9 Å². The predicted molar refractivity (Wildman–Crippen MR) is 94.4 cm³/mol. The van der Waals surface area contributed by atoms with E-state index in [0.717, 1.165) is 23.4 Å². The Labute approximate surface area is 147 Å². The summed E-state index contributed by atoms with van der Waals surface area (Å²) in [5.41, 5.74) is 3.22. The van der Waals surface area contributed by atoms with Crippen LogP contribution in [0.5, 0.6) is 0 Å². The van der Waals surface area contributed by atoms with E-state index < -0.39 is 5.97 Å². The Kier molecular flexibility index (Phi) is 5.07. The highest BCUT2D eigenvalue weighted by Crippen LogP contribution is 2.33. The number of urea groups is 1. The molecule has 0 saturated heterocycles. The molecule has 1 aromatic carbocycles. The van der Waals surface area contributed by atoms with Gasteiger partial charge in [0.15, 0.2) is 0 Å². The minimum atomic E-state index is -0.428. The van der Waals surface area contributed by atoms with Gasteiger partial charge in [0.05, 0.1) is 24.9 Å². The summed E-state index contributed by atoms with van der Waals surface area (Å²) in [6, 6.07) is 11.8. The number of benzene rings is 1. The number of esters is 1. The number of nitrogens with zero attached hydrogens (tertiary/aromatic N) is 2. The third-order valence-corrected chi connectivity index (χ3v) is 4.43. The lowest BCUT2D eigenvalue weighted by molar-refractivity contribution is -0.141. The summed E-state index contributed by atoms with van der Waals surface area (Å²) < 4.78 is 7.02. The van der Waals surface area contributed by atoms with Gasteiger partial charge in [0.25, 0.3) is 0 Å². The molecule has 132 valence electrons. The largest absolute Gasteiger partial charge is 0.465 e. The molecule has 2 amide bonds. The quantitative estimate of drug-likeness (QED) is 0.870. The fraction of sp³-hybridized carbons (Fsp3) is 0.368. The van der Waals surface area contributed by atoms with Crippen LogP contribution in [-0.2, 0) is 16.1 Å². The van der Waals surface area contributed by atoms with Gasteiger partial charge in [0.1, 0.15) is 6.54 Å². The van der Waals surface area contributed by atoms with Crippen molar-refractivity contribution in [2.75, 3.05) is 13.2 Å². The molecule has 0 spiro atoms. The number of hydrogen-bond donors (Lipinski definition) is 1. The molecule has 6 nitrogen and oxygen atoms in total. The number of nitrogens with one attached hydrogen (secondary N) is 1. The van der Waals surface area contributed by atoms with E-state index in [0.29, 0.717) is 13.2 Å². The maximum Gasteiger partial charge on any atom is 0.325 e. The molecule has 3 rings (SSSR count). The summed E-state index contributed by atoms with van der Waals surface area (Å²) in [6.07, 6.45) is 2.81. The molecule has 2 heterocycles. The number of fused-ring (bicyclic) bond motifs is 3. The molecule has 1 N–H and O–H groups in total. The maximum absolute atomic E-state index is 12.8. The van der Waals surface area contributed by atoms with Gasteiger partial charge in [0, 0.05) is 11.9 Å². The van der Waals surface area contributed by atoms with Crippen LogP contribution in [0.2, 0.25) is 0 Å². The topological polar surface area (TPSA) is 63.6 Å². The molecule has 0 aliphatic carbocycles. The van der Waals surface area contributed by atoms with Gasteiger partial charge in [-0.3, -0.25) is 4.79 Å². The van der Waals surface area contributed by atoms with E-state index in [1.807, 2.05) is 36.5 Å². The smallest absolute Gasteiger partial charge is 0.325 e. The molecular formula is C19H23N3O3. The Morgan fingerprint density at radius 1 is 1.20 bits per heavy atom. The highest BCUT2D eigenvalue weighted by atomic mass is 16.5. The molecule has 0 bridgehead atoms. The Morgan fingerprint density at radius 2 is 2.00 bits per heavy atom. The second kappa shape index (κ2) is 7.42. The van der Waals surface area contributed by atoms with Gasteiger partial charge in [-0.2, -0.15) is 0 Å². The minimum absolute atomic E-state index is 0.0652. The van der Waals surface area contributed by atoms with Crippen molar-refractivity contribution >= 4 is 12.0 Å². The van der Waals surface area contributed by atoms with Crippen LogP contribution in [0.3, 0.4) is 0 Å². The van der Waals surface area contributed by atoms with Crippen LogP contribution in [0, 0.1) is 0 Å². The zero-order valence-electron chi connectivity index (χ0n) is 14.6. The number of hydrogen-bond acceptors (Lipinski definition) is 3. The van der Waals surface area contributed by atoms with Crippen molar-refractivity contribution in [1.29, 1.82) is 0 Å². The van der Waals surface area contributed by atoms with E-state index in [-0.39, 0.29) is 18.6 Å². The summed E-state index contributed by atoms with van der Waals surface area (Å²) in [7, 11) is 0. The zero-order valence-corrected chi connectivity index (χ0v) is 14.6. The van der Waals surface area contributed by atoms with Crippen LogP contribution in [-0.4, -0.2) is 34.6 Å². The third kappa shape index (κ3) is 3.38.